The Morgan fingerprint density at radius 2 is 1.78 bits per heavy atom. The van der Waals surface area contributed by atoms with Crippen LogP contribution < -0.4 is 4.90 Å². The number of aliphatic carboxylic acids is 1. The van der Waals surface area contributed by atoms with Crippen molar-refractivity contribution >= 4 is 28.3 Å². The summed E-state index contributed by atoms with van der Waals surface area (Å²) >= 11 is 0. The Morgan fingerprint density at radius 1 is 1.11 bits per heavy atom. The molecule has 0 saturated heterocycles. The molecule has 0 aliphatic rings. The highest BCUT2D eigenvalue weighted by Gasteiger charge is 2.20. The lowest BCUT2D eigenvalue weighted by Gasteiger charge is -2.19. The first kappa shape index (κ1) is 12.1. The van der Waals surface area contributed by atoms with Crippen molar-refractivity contribution in [2.45, 2.75) is 6.92 Å². The van der Waals surface area contributed by atoms with Gasteiger partial charge >= 0.3 is 11.9 Å². The van der Waals surface area contributed by atoms with Crippen molar-refractivity contribution in [3.8, 4) is 0 Å². The Kier molecular flexibility index (Phi) is 3.28. The molecular formula is C14H13NO3. The summed E-state index contributed by atoms with van der Waals surface area (Å²) in [6.07, 6.45) is 0. The Balaban J connectivity index is 2.45. The zero-order chi connectivity index (χ0) is 13.1. The van der Waals surface area contributed by atoms with Crippen molar-refractivity contribution in [2.75, 3.05) is 11.4 Å². The zero-order valence-electron chi connectivity index (χ0n) is 9.96. The summed E-state index contributed by atoms with van der Waals surface area (Å²) in [5, 5.41) is 10.8. The third-order valence-electron chi connectivity index (χ3n) is 2.79. The van der Waals surface area contributed by atoms with E-state index in [2.05, 4.69) is 0 Å². The molecule has 4 heteroatoms. The minimum Gasteiger partial charge on any atom is -0.474 e. The number of carboxylic acids is 1. The van der Waals surface area contributed by atoms with Gasteiger partial charge in [0.25, 0.3) is 0 Å². The van der Waals surface area contributed by atoms with Gasteiger partial charge in [0.15, 0.2) is 0 Å². The molecule has 0 unspecified atom stereocenters. The van der Waals surface area contributed by atoms with Gasteiger partial charge in [-0.15, -0.1) is 0 Å². The Hall–Kier alpha value is -2.36. The summed E-state index contributed by atoms with van der Waals surface area (Å²) in [5.74, 6) is -2.35. The minimum absolute atomic E-state index is 0.323. The van der Waals surface area contributed by atoms with Crippen LogP contribution in [0.4, 0.5) is 5.69 Å². The van der Waals surface area contributed by atoms with Crippen LogP contribution in [0.1, 0.15) is 6.92 Å². The standard InChI is InChI=1S/C14H13NO3/c1-2-15(13(16)14(17)18)12-8-7-10-5-3-4-6-11(10)9-12/h3-9H,2H2,1H3,(H,17,18). The molecule has 2 aromatic rings. The van der Waals surface area contributed by atoms with Crippen molar-refractivity contribution < 1.29 is 14.7 Å². The molecule has 92 valence electrons. The zero-order valence-corrected chi connectivity index (χ0v) is 9.96. The second kappa shape index (κ2) is 4.87. The monoisotopic (exact) mass is 243 g/mol. The summed E-state index contributed by atoms with van der Waals surface area (Å²) in [6, 6.07) is 13.2. The topological polar surface area (TPSA) is 57.6 Å². The van der Waals surface area contributed by atoms with Crippen LogP contribution in [0.15, 0.2) is 42.5 Å². The van der Waals surface area contributed by atoms with E-state index in [4.69, 9.17) is 5.11 Å². The van der Waals surface area contributed by atoms with Gasteiger partial charge in [-0.1, -0.05) is 30.3 Å². The first-order valence-electron chi connectivity index (χ1n) is 5.67. The van der Waals surface area contributed by atoms with Crippen LogP contribution in [-0.2, 0) is 9.59 Å². The van der Waals surface area contributed by atoms with E-state index in [-0.39, 0.29) is 0 Å². The van der Waals surface area contributed by atoms with E-state index in [1.54, 1.807) is 13.0 Å². The van der Waals surface area contributed by atoms with Gasteiger partial charge in [0.1, 0.15) is 0 Å². The van der Waals surface area contributed by atoms with Crippen LogP contribution in [0.25, 0.3) is 10.8 Å². The fraction of sp³-hybridized carbons (Fsp3) is 0.143. The molecule has 0 bridgehead atoms. The summed E-state index contributed by atoms with van der Waals surface area (Å²) in [7, 11) is 0. The van der Waals surface area contributed by atoms with Gasteiger partial charge in [-0.25, -0.2) is 4.79 Å². The molecule has 2 aromatic carbocycles. The lowest BCUT2D eigenvalue weighted by molar-refractivity contribution is -0.148. The molecule has 1 amide bonds. The number of anilines is 1. The first-order chi connectivity index (χ1) is 8.63. The molecule has 0 aliphatic heterocycles. The SMILES string of the molecule is CCN(C(=O)C(=O)O)c1ccc2ccccc2c1. The maximum absolute atomic E-state index is 11.5. The second-order valence-electron chi connectivity index (χ2n) is 3.89. The summed E-state index contributed by atoms with van der Waals surface area (Å²) < 4.78 is 0. The smallest absolute Gasteiger partial charge is 0.394 e. The number of fused-ring (bicyclic) bond motifs is 1. The summed E-state index contributed by atoms with van der Waals surface area (Å²) in [4.78, 5) is 23.5. The fourth-order valence-electron chi connectivity index (χ4n) is 1.90. The molecular weight excluding hydrogens is 230 g/mol. The van der Waals surface area contributed by atoms with E-state index in [1.165, 1.54) is 4.90 Å². The van der Waals surface area contributed by atoms with Gasteiger partial charge in [-0.05, 0) is 29.8 Å². The van der Waals surface area contributed by atoms with Crippen molar-refractivity contribution in [2.24, 2.45) is 0 Å². The number of carbonyl (C=O) groups is 2. The van der Waals surface area contributed by atoms with Gasteiger partial charge in [-0.2, -0.15) is 0 Å². The van der Waals surface area contributed by atoms with E-state index < -0.39 is 11.9 Å². The predicted molar refractivity (Wildman–Crippen MR) is 69.6 cm³/mol. The maximum atomic E-state index is 11.5. The molecule has 0 heterocycles. The third kappa shape index (κ3) is 2.18. The second-order valence-corrected chi connectivity index (χ2v) is 3.89. The van der Waals surface area contributed by atoms with Gasteiger partial charge in [0.05, 0.1) is 0 Å². The Labute approximate surface area is 104 Å². The molecule has 0 spiro atoms. The Bertz CT molecular complexity index is 607. The van der Waals surface area contributed by atoms with Crippen molar-refractivity contribution in [1.82, 2.24) is 0 Å². The van der Waals surface area contributed by atoms with E-state index in [0.29, 0.717) is 12.2 Å². The average Bonchev–Trinajstić information content (AvgIpc) is 2.39. The maximum Gasteiger partial charge on any atom is 0.394 e. The number of likely N-dealkylation sites (N-methyl/N-ethyl adjacent to an activating group) is 1. The summed E-state index contributed by atoms with van der Waals surface area (Å²) in [5.41, 5.74) is 0.601. The number of hydrogen-bond acceptors (Lipinski definition) is 2. The van der Waals surface area contributed by atoms with Crippen LogP contribution in [0.3, 0.4) is 0 Å². The number of carboxylic acid groups (broad SMARTS) is 1. The quantitative estimate of drug-likeness (QED) is 0.823. The van der Waals surface area contributed by atoms with Crippen LogP contribution in [0.5, 0.6) is 0 Å². The molecule has 2 rings (SSSR count). The molecule has 0 atom stereocenters. The van der Waals surface area contributed by atoms with Crippen LogP contribution in [-0.4, -0.2) is 23.5 Å². The molecule has 18 heavy (non-hydrogen) atoms. The van der Waals surface area contributed by atoms with Crippen molar-refractivity contribution in [3.63, 3.8) is 0 Å². The molecule has 4 nitrogen and oxygen atoms in total. The molecule has 0 aromatic heterocycles. The van der Waals surface area contributed by atoms with Gasteiger partial charge in [-0.3, -0.25) is 4.79 Å². The molecule has 0 aliphatic carbocycles. The van der Waals surface area contributed by atoms with Gasteiger partial charge < -0.3 is 10.0 Å². The Morgan fingerprint density at radius 3 is 2.39 bits per heavy atom. The predicted octanol–water partition coefficient (Wildman–Crippen LogP) is 2.28. The first-order valence-corrected chi connectivity index (χ1v) is 5.67. The van der Waals surface area contributed by atoms with Crippen molar-refractivity contribution in [1.29, 1.82) is 0 Å². The number of rotatable bonds is 2. The van der Waals surface area contributed by atoms with Crippen molar-refractivity contribution in [3.05, 3.63) is 42.5 Å². The van der Waals surface area contributed by atoms with E-state index in [0.717, 1.165) is 10.8 Å². The normalized spacial score (nSPS) is 10.3. The average molecular weight is 243 g/mol. The minimum atomic E-state index is -1.44. The molecule has 0 radical (unpaired) electrons. The number of nitrogens with zero attached hydrogens (tertiary/aromatic N) is 1. The van der Waals surface area contributed by atoms with Gasteiger partial charge in [0.2, 0.25) is 0 Å². The summed E-state index contributed by atoms with van der Waals surface area (Å²) in [6.45, 7) is 2.07. The highest BCUT2D eigenvalue weighted by atomic mass is 16.4. The van der Waals surface area contributed by atoms with E-state index in [1.807, 2.05) is 36.4 Å². The highest BCUT2D eigenvalue weighted by Crippen LogP contribution is 2.22. The van der Waals surface area contributed by atoms with Crippen LogP contribution >= 0.6 is 0 Å². The number of benzene rings is 2. The number of hydrogen-bond donors (Lipinski definition) is 1. The molecule has 0 fully saturated rings. The molecule has 1 N–H and O–H groups in total. The number of carbonyl (C=O) groups excluding carboxylic acids is 1. The lowest BCUT2D eigenvalue weighted by Crippen LogP contribution is -2.36. The van der Waals surface area contributed by atoms with Gasteiger partial charge in [0, 0.05) is 12.2 Å². The van der Waals surface area contributed by atoms with E-state index >= 15 is 0 Å². The lowest BCUT2D eigenvalue weighted by atomic mass is 10.1. The van der Waals surface area contributed by atoms with Crippen LogP contribution in [0.2, 0.25) is 0 Å². The fourth-order valence-corrected chi connectivity index (χ4v) is 1.90. The number of amides is 1. The largest absolute Gasteiger partial charge is 0.474 e. The highest BCUT2D eigenvalue weighted by molar-refractivity contribution is 6.37. The molecule has 0 saturated carbocycles. The third-order valence-corrected chi connectivity index (χ3v) is 2.79. The van der Waals surface area contributed by atoms with Crippen LogP contribution in [0, 0.1) is 0 Å². The van der Waals surface area contributed by atoms with E-state index in [9.17, 15) is 9.59 Å².